The number of hydrogen-bond acceptors (Lipinski definition) is 7. The number of nitrogens with zero attached hydrogens (tertiary/aromatic N) is 6. The number of amides is 1. The lowest BCUT2D eigenvalue weighted by molar-refractivity contribution is -0.131. The number of unbranched alkanes of at least 4 members (excludes halogenated alkanes) is 1. The molecule has 0 saturated carbocycles. The van der Waals surface area contributed by atoms with Gasteiger partial charge >= 0.3 is 0 Å². The minimum Gasteiger partial charge on any atom is -0.357 e. The van der Waals surface area contributed by atoms with Crippen molar-refractivity contribution in [1.29, 1.82) is 5.26 Å². The fourth-order valence-corrected chi connectivity index (χ4v) is 5.40. The standard InChI is InChI=1S/C27H28ClN7O2/c28-26-23(17-31-32-27(26)37)35-18-20-5-1-2-6-21(20)22(35)7-3-4-8-25(36)34-13-11-33(12-14-34)24-10-9-19(15-29)16-30-24/h1-2,5-6,9-10,16-17,22H,3-4,7-8,11-14,18H2,(H,32,37)/t22-/m1/s1. The number of aromatic nitrogens is 3. The summed E-state index contributed by atoms with van der Waals surface area (Å²) < 4.78 is 0. The van der Waals surface area contributed by atoms with Crippen LogP contribution in [0.3, 0.4) is 0 Å². The zero-order chi connectivity index (χ0) is 25.8. The van der Waals surface area contributed by atoms with Gasteiger partial charge in [-0.15, -0.1) is 0 Å². The number of piperazine rings is 1. The highest BCUT2D eigenvalue weighted by atomic mass is 35.5. The first-order valence-corrected chi connectivity index (χ1v) is 12.9. The summed E-state index contributed by atoms with van der Waals surface area (Å²) in [5.41, 5.74) is 3.23. The number of rotatable bonds is 7. The number of hydrogen-bond donors (Lipinski definition) is 1. The summed E-state index contributed by atoms with van der Waals surface area (Å²) >= 11 is 6.34. The molecule has 2 aliphatic rings. The first-order valence-electron chi connectivity index (χ1n) is 12.5. The highest BCUT2D eigenvalue weighted by Crippen LogP contribution is 2.41. The Morgan fingerprint density at radius 1 is 1.11 bits per heavy atom. The first kappa shape index (κ1) is 24.8. The minimum absolute atomic E-state index is 0.0795. The molecule has 9 nitrogen and oxygen atoms in total. The molecular weight excluding hydrogens is 490 g/mol. The van der Waals surface area contributed by atoms with Crippen LogP contribution < -0.4 is 15.4 Å². The van der Waals surface area contributed by atoms with E-state index in [1.807, 2.05) is 23.1 Å². The van der Waals surface area contributed by atoms with Crippen LogP contribution in [0.4, 0.5) is 11.5 Å². The monoisotopic (exact) mass is 517 g/mol. The largest absolute Gasteiger partial charge is 0.357 e. The molecule has 5 rings (SSSR count). The van der Waals surface area contributed by atoms with Gasteiger partial charge in [0.15, 0.2) is 0 Å². The minimum atomic E-state index is -0.394. The summed E-state index contributed by atoms with van der Waals surface area (Å²) in [4.78, 5) is 35.5. The highest BCUT2D eigenvalue weighted by molar-refractivity contribution is 6.33. The van der Waals surface area contributed by atoms with E-state index in [2.05, 4.69) is 43.2 Å². The highest BCUT2D eigenvalue weighted by Gasteiger charge is 2.31. The van der Waals surface area contributed by atoms with E-state index in [1.165, 1.54) is 11.1 Å². The molecule has 0 spiro atoms. The van der Waals surface area contributed by atoms with Crippen LogP contribution in [-0.2, 0) is 11.3 Å². The molecule has 1 aromatic carbocycles. The molecule has 1 amide bonds. The molecule has 0 aliphatic carbocycles. The van der Waals surface area contributed by atoms with Gasteiger partial charge in [0.25, 0.3) is 5.56 Å². The van der Waals surface area contributed by atoms with Crippen molar-refractivity contribution < 1.29 is 4.79 Å². The van der Waals surface area contributed by atoms with Gasteiger partial charge in [-0.25, -0.2) is 10.1 Å². The molecule has 3 aromatic rings. The molecule has 4 heterocycles. The Bertz CT molecular complexity index is 1360. The molecule has 1 N–H and O–H groups in total. The van der Waals surface area contributed by atoms with Crippen LogP contribution in [0.5, 0.6) is 0 Å². The lowest BCUT2D eigenvalue weighted by Crippen LogP contribution is -2.49. The van der Waals surface area contributed by atoms with Gasteiger partial charge in [0.2, 0.25) is 5.91 Å². The maximum absolute atomic E-state index is 12.9. The number of aromatic amines is 1. The van der Waals surface area contributed by atoms with Gasteiger partial charge in [0.05, 0.1) is 23.5 Å². The third kappa shape index (κ3) is 5.30. The average Bonchev–Trinajstić information content (AvgIpc) is 3.31. The van der Waals surface area contributed by atoms with Crippen LogP contribution in [0.25, 0.3) is 0 Å². The van der Waals surface area contributed by atoms with Gasteiger partial charge in [-0.1, -0.05) is 42.3 Å². The molecule has 10 heteroatoms. The second-order valence-corrected chi connectivity index (χ2v) is 9.75. The number of anilines is 2. The SMILES string of the molecule is N#Cc1ccc(N2CCN(C(=O)CCCC[C@@H]3c4ccccc4CN3c3cn[nH]c(=O)c3Cl)CC2)nc1. The van der Waals surface area contributed by atoms with Gasteiger partial charge in [-0.2, -0.15) is 10.4 Å². The topological polar surface area (TPSA) is 109 Å². The van der Waals surface area contributed by atoms with E-state index < -0.39 is 5.56 Å². The van der Waals surface area contributed by atoms with Crippen LogP contribution in [0, 0.1) is 11.3 Å². The quantitative estimate of drug-likeness (QED) is 0.476. The third-order valence-corrected chi connectivity index (χ3v) is 7.53. The number of H-pyrrole nitrogens is 1. The van der Waals surface area contributed by atoms with Crippen LogP contribution >= 0.6 is 11.6 Å². The van der Waals surface area contributed by atoms with Crippen LogP contribution in [-0.4, -0.2) is 52.2 Å². The van der Waals surface area contributed by atoms with Crippen LogP contribution in [0.2, 0.25) is 5.02 Å². The lowest BCUT2D eigenvalue weighted by atomic mass is 9.99. The van der Waals surface area contributed by atoms with Gasteiger partial charge in [0.1, 0.15) is 16.9 Å². The van der Waals surface area contributed by atoms with E-state index in [-0.39, 0.29) is 17.0 Å². The Morgan fingerprint density at radius 2 is 1.92 bits per heavy atom. The van der Waals surface area contributed by atoms with Gasteiger partial charge in [0, 0.05) is 45.3 Å². The van der Waals surface area contributed by atoms with Crippen molar-refractivity contribution in [1.82, 2.24) is 20.1 Å². The zero-order valence-electron chi connectivity index (χ0n) is 20.4. The van der Waals surface area contributed by atoms with E-state index in [0.29, 0.717) is 37.3 Å². The number of carbonyl (C=O) groups excluding carboxylic acids is 1. The van der Waals surface area contributed by atoms with Crippen molar-refractivity contribution in [2.75, 3.05) is 36.0 Å². The van der Waals surface area contributed by atoms with Crippen LogP contribution in [0.1, 0.15) is 48.4 Å². The molecular formula is C27H28ClN7O2. The summed E-state index contributed by atoms with van der Waals surface area (Å²) in [5, 5.41) is 15.4. The van der Waals surface area contributed by atoms with Crippen LogP contribution in [0.15, 0.2) is 53.6 Å². The lowest BCUT2D eigenvalue weighted by Gasteiger charge is -2.35. The average molecular weight is 518 g/mol. The number of carbonyl (C=O) groups is 1. The number of benzene rings is 1. The molecule has 37 heavy (non-hydrogen) atoms. The Labute approximate surface area is 220 Å². The van der Waals surface area contributed by atoms with Crippen molar-refractivity contribution >= 4 is 29.0 Å². The normalized spacial score (nSPS) is 17.0. The number of fused-ring (bicyclic) bond motifs is 1. The number of nitrogens with one attached hydrogen (secondary N) is 1. The maximum Gasteiger partial charge on any atom is 0.285 e. The fraction of sp³-hybridized carbons (Fsp3) is 0.370. The van der Waals surface area contributed by atoms with Gasteiger partial charge < -0.3 is 14.7 Å². The summed E-state index contributed by atoms with van der Waals surface area (Å²) in [5.74, 6) is 1.01. The Balaban J connectivity index is 1.14. The molecule has 2 aliphatic heterocycles. The maximum atomic E-state index is 12.9. The molecule has 1 saturated heterocycles. The molecule has 1 atom stereocenters. The molecule has 0 bridgehead atoms. The second kappa shape index (κ2) is 11.0. The van der Waals surface area contributed by atoms with E-state index in [1.54, 1.807) is 18.5 Å². The van der Waals surface area contributed by atoms with Crippen molar-refractivity contribution in [2.24, 2.45) is 0 Å². The Hall–Kier alpha value is -3.90. The summed E-state index contributed by atoms with van der Waals surface area (Å²) in [7, 11) is 0. The fourth-order valence-electron chi connectivity index (χ4n) is 5.20. The number of pyridine rings is 1. The summed E-state index contributed by atoms with van der Waals surface area (Å²) in [6.07, 6.45) is 6.23. The molecule has 0 unspecified atom stereocenters. The van der Waals surface area contributed by atoms with Gasteiger partial charge in [-0.05, 0) is 36.1 Å². The number of halogens is 1. The molecule has 2 aromatic heterocycles. The van der Waals surface area contributed by atoms with Crippen molar-refractivity contribution in [3.63, 3.8) is 0 Å². The smallest absolute Gasteiger partial charge is 0.285 e. The second-order valence-electron chi connectivity index (χ2n) is 9.37. The predicted octanol–water partition coefficient (Wildman–Crippen LogP) is 3.66. The van der Waals surface area contributed by atoms with E-state index in [9.17, 15) is 9.59 Å². The van der Waals surface area contributed by atoms with Crippen molar-refractivity contribution in [3.8, 4) is 6.07 Å². The summed E-state index contributed by atoms with van der Waals surface area (Å²) in [6, 6.07) is 14.1. The summed E-state index contributed by atoms with van der Waals surface area (Å²) in [6.45, 7) is 3.45. The Morgan fingerprint density at radius 3 is 2.68 bits per heavy atom. The molecule has 190 valence electrons. The van der Waals surface area contributed by atoms with E-state index in [4.69, 9.17) is 16.9 Å². The third-order valence-electron chi connectivity index (χ3n) is 7.17. The zero-order valence-corrected chi connectivity index (χ0v) is 21.2. The van der Waals surface area contributed by atoms with E-state index in [0.717, 1.165) is 38.2 Å². The van der Waals surface area contributed by atoms with Crippen molar-refractivity contribution in [2.45, 2.75) is 38.3 Å². The Kier molecular flexibility index (Phi) is 7.37. The molecule has 1 fully saturated rings. The van der Waals surface area contributed by atoms with Crippen molar-refractivity contribution in [3.05, 3.63) is 80.9 Å². The predicted molar refractivity (Wildman–Crippen MR) is 141 cm³/mol. The van der Waals surface area contributed by atoms with E-state index >= 15 is 0 Å². The number of nitriles is 1. The molecule has 0 radical (unpaired) electrons. The van der Waals surface area contributed by atoms with Gasteiger partial charge in [-0.3, -0.25) is 9.59 Å². The first-order chi connectivity index (χ1) is 18.0.